The van der Waals surface area contributed by atoms with E-state index < -0.39 is 0 Å². The monoisotopic (exact) mass is 243 g/mol. The number of thioether (sulfide) groups is 1. The maximum atomic E-state index is 12.5. The van der Waals surface area contributed by atoms with Gasteiger partial charge >= 0.3 is 0 Å². The normalized spacial score (nSPS) is 10.5. The first kappa shape index (κ1) is 11.9. The molecule has 3 N–H and O–H groups in total. The van der Waals surface area contributed by atoms with E-state index in [1.165, 1.54) is 12.1 Å². The first-order valence-corrected chi connectivity index (χ1v) is 5.53. The number of hydrogen-bond acceptors (Lipinski definition) is 3. The van der Waals surface area contributed by atoms with Gasteiger partial charge in [-0.1, -0.05) is 0 Å². The second-order valence-electron chi connectivity index (χ2n) is 2.55. The molecule has 0 spiro atoms. The van der Waals surface area contributed by atoms with Crippen molar-refractivity contribution in [1.29, 1.82) is 0 Å². The van der Waals surface area contributed by atoms with Crippen LogP contribution in [0.2, 0.25) is 0 Å². The molecule has 15 heavy (non-hydrogen) atoms. The number of nitrogens with zero attached hydrogens (tertiary/aromatic N) is 1. The maximum absolute atomic E-state index is 12.5. The van der Waals surface area contributed by atoms with E-state index in [1.54, 1.807) is 30.1 Å². The molecule has 0 aliphatic rings. The molecule has 0 aromatic heterocycles. The van der Waals surface area contributed by atoms with Crippen molar-refractivity contribution in [1.82, 2.24) is 5.43 Å². The summed E-state index contributed by atoms with van der Waals surface area (Å²) < 4.78 is 12.5. The summed E-state index contributed by atoms with van der Waals surface area (Å²) >= 11 is 6.10. The Labute approximate surface area is 96.9 Å². The van der Waals surface area contributed by atoms with Crippen LogP contribution in [0.3, 0.4) is 0 Å². The van der Waals surface area contributed by atoms with E-state index in [9.17, 15) is 4.39 Å². The van der Waals surface area contributed by atoms with Crippen LogP contribution >= 0.6 is 24.0 Å². The van der Waals surface area contributed by atoms with E-state index >= 15 is 0 Å². The van der Waals surface area contributed by atoms with Crippen molar-refractivity contribution in [2.24, 2.45) is 10.8 Å². The van der Waals surface area contributed by atoms with Crippen molar-refractivity contribution in [3.05, 3.63) is 30.1 Å². The van der Waals surface area contributed by atoms with Gasteiger partial charge in [-0.3, -0.25) is 5.43 Å². The Morgan fingerprint density at radius 1 is 1.53 bits per heavy atom. The molecule has 0 unspecified atom stereocenters. The molecule has 0 atom stereocenters. The lowest BCUT2D eigenvalue weighted by Crippen LogP contribution is -2.24. The highest BCUT2D eigenvalue weighted by Gasteiger charge is 1.92. The Balaban J connectivity index is 2.28. The lowest BCUT2D eigenvalue weighted by molar-refractivity contribution is 0.626. The van der Waals surface area contributed by atoms with Crippen LogP contribution in [0.4, 0.5) is 4.39 Å². The van der Waals surface area contributed by atoms with E-state index in [-0.39, 0.29) is 10.9 Å². The summed E-state index contributed by atoms with van der Waals surface area (Å²) in [6, 6.07) is 6.28. The Morgan fingerprint density at radius 3 is 2.80 bits per heavy atom. The van der Waals surface area contributed by atoms with Crippen molar-refractivity contribution in [3.8, 4) is 0 Å². The van der Waals surface area contributed by atoms with Crippen LogP contribution in [0.25, 0.3) is 0 Å². The topological polar surface area (TPSA) is 50.4 Å². The Kier molecular flexibility index (Phi) is 5.06. The third-order valence-corrected chi connectivity index (χ3v) is 2.42. The number of thiocarbonyl (C=S) groups is 1. The van der Waals surface area contributed by atoms with Gasteiger partial charge in [0.2, 0.25) is 0 Å². The van der Waals surface area contributed by atoms with Gasteiger partial charge in [0.25, 0.3) is 0 Å². The zero-order valence-corrected chi connectivity index (χ0v) is 9.45. The molecule has 0 bridgehead atoms. The summed E-state index contributed by atoms with van der Waals surface area (Å²) in [6.07, 6.45) is 1.65. The highest BCUT2D eigenvalue weighted by Crippen LogP contribution is 2.16. The van der Waals surface area contributed by atoms with Gasteiger partial charge in [0, 0.05) is 16.9 Å². The minimum atomic E-state index is -0.233. The largest absolute Gasteiger partial charge is 0.375 e. The number of rotatable bonds is 4. The summed E-state index contributed by atoms with van der Waals surface area (Å²) in [5.41, 5.74) is 7.61. The number of halogens is 1. The molecule has 3 nitrogen and oxygen atoms in total. The van der Waals surface area contributed by atoms with Crippen LogP contribution in [-0.2, 0) is 0 Å². The highest BCUT2D eigenvalue weighted by molar-refractivity contribution is 7.99. The first-order valence-electron chi connectivity index (χ1n) is 4.14. The molecular weight excluding hydrogens is 233 g/mol. The van der Waals surface area contributed by atoms with E-state index in [2.05, 4.69) is 22.7 Å². The maximum Gasteiger partial charge on any atom is 0.184 e. The molecule has 6 heteroatoms. The average Bonchev–Trinajstić information content (AvgIpc) is 2.20. The number of hydrazone groups is 1. The Morgan fingerprint density at radius 2 is 2.20 bits per heavy atom. The Hall–Kier alpha value is -1.14. The minimum Gasteiger partial charge on any atom is -0.375 e. The predicted octanol–water partition coefficient (Wildman–Crippen LogP) is 1.74. The van der Waals surface area contributed by atoms with Crippen molar-refractivity contribution in [2.45, 2.75) is 4.90 Å². The number of nitrogens with one attached hydrogen (secondary N) is 1. The molecule has 0 fully saturated rings. The van der Waals surface area contributed by atoms with Gasteiger partial charge in [-0.05, 0) is 36.5 Å². The molecule has 0 aliphatic heterocycles. The molecule has 0 saturated carbocycles. The third kappa shape index (κ3) is 5.34. The van der Waals surface area contributed by atoms with Gasteiger partial charge in [-0.15, -0.1) is 11.8 Å². The van der Waals surface area contributed by atoms with Crippen LogP contribution in [0.5, 0.6) is 0 Å². The first-order chi connectivity index (χ1) is 7.18. The fraction of sp³-hybridized carbons (Fsp3) is 0.111. The van der Waals surface area contributed by atoms with Crippen LogP contribution in [-0.4, -0.2) is 17.1 Å². The summed E-state index contributed by atoms with van der Waals surface area (Å²) in [5.74, 6) is 0.435. The van der Waals surface area contributed by atoms with Gasteiger partial charge in [0.1, 0.15) is 5.82 Å². The number of benzene rings is 1. The minimum absolute atomic E-state index is 0.137. The van der Waals surface area contributed by atoms with Crippen LogP contribution < -0.4 is 11.2 Å². The van der Waals surface area contributed by atoms with E-state index in [0.717, 1.165) is 4.90 Å². The van der Waals surface area contributed by atoms with Gasteiger partial charge in [0.05, 0.1) is 0 Å². The van der Waals surface area contributed by atoms with Crippen molar-refractivity contribution >= 4 is 35.3 Å². The van der Waals surface area contributed by atoms with E-state index in [1.807, 2.05) is 0 Å². The van der Waals surface area contributed by atoms with Crippen molar-refractivity contribution in [3.63, 3.8) is 0 Å². The van der Waals surface area contributed by atoms with Crippen molar-refractivity contribution in [2.75, 3.05) is 5.75 Å². The Bertz CT molecular complexity index is 351. The number of hydrogen-bond donors (Lipinski definition) is 2. The molecule has 0 saturated heterocycles. The zero-order chi connectivity index (χ0) is 11.1. The average molecular weight is 243 g/mol. The van der Waals surface area contributed by atoms with Gasteiger partial charge < -0.3 is 5.73 Å². The standard InChI is InChI=1S/C9H10FN3S2/c10-7-1-3-8(4-2-7)15-6-5-12-13-9(11)14/h1-5H,6H2,(H3,11,13,14)/b12-5+. The second-order valence-corrected chi connectivity index (χ2v) is 4.09. The molecule has 0 amide bonds. The summed E-state index contributed by atoms with van der Waals surface area (Å²) in [6.45, 7) is 0. The smallest absolute Gasteiger partial charge is 0.184 e. The number of nitrogens with two attached hydrogens (primary N) is 1. The summed E-state index contributed by atoms with van der Waals surface area (Å²) in [5, 5.41) is 3.90. The molecule has 0 radical (unpaired) electrons. The van der Waals surface area contributed by atoms with Crippen LogP contribution in [0, 0.1) is 5.82 Å². The lowest BCUT2D eigenvalue weighted by Gasteiger charge is -1.97. The summed E-state index contributed by atoms with van der Waals surface area (Å²) in [7, 11) is 0. The van der Waals surface area contributed by atoms with Crippen LogP contribution in [0.15, 0.2) is 34.3 Å². The zero-order valence-electron chi connectivity index (χ0n) is 7.81. The third-order valence-electron chi connectivity index (χ3n) is 1.40. The van der Waals surface area contributed by atoms with Gasteiger partial charge in [-0.2, -0.15) is 5.10 Å². The van der Waals surface area contributed by atoms with E-state index in [0.29, 0.717) is 5.75 Å². The van der Waals surface area contributed by atoms with Crippen LogP contribution in [0.1, 0.15) is 0 Å². The van der Waals surface area contributed by atoms with Gasteiger partial charge in [-0.25, -0.2) is 4.39 Å². The molecule has 1 rings (SSSR count). The molecule has 0 heterocycles. The molecular formula is C9H10FN3S2. The van der Waals surface area contributed by atoms with E-state index in [4.69, 9.17) is 5.73 Å². The second kappa shape index (κ2) is 6.36. The molecule has 80 valence electrons. The fourth-order valence-corrected chi connectivity index (χ4v) is 1.53. The molecule has 1 aromatic carbocycles. The predicted molar refractivity (Wildman–Crippen MR) is 65.5 cm³/mol. The lowest BCUT2D eigenvalue weighted by atomic mass is 10.4. The van der Waals surface area contributed by atoms with Gasteiger partial charge in [0.15, 0.2) is 5.11 Å². The highest BCUT2D eigenvalue weighted by atomic mass is 32.2. The fourth-order valence-electron chi connectivity index (χ4n) is 0.811. The molecule has 0 aliphatic carbocycles. The SMILES string of the molecule is NC(=S)N/N=C/CSc1ccc(F)cc1. The summed E-state index contributed by atoms with van der Waals surface area (Å²) in [4.78, 5) is 0.984. The van der Waals surface area contributed by atoms with Crippen molar-refractivity contribution < 1.29 is 4.39 Å². The molecule has 1 aromatic rings. The quantitative estimate of drug-likeness (QED) is 0.366.